The van der Waals surface area contributed by atoms with E-state index < -0.39 is 0 Å². The number of benzene rings is 2. The molecule has 3 rings (SSSR count). The summed E-state index contributed by atoms with van der Waals surface area (Å²) >= 11 is 1.24. The van der Waals surface area contributed by atoms with Gasteiger partial charge in [0.05, 0.1) is 17.7 Å². The topological polar surface area (TPSA) is 88.3 Å². The Morgan fingerprint density at radius 2 is 1.93 bits per heavy atom. The third kappa shape index (κ3) is 5.14. The Kier molecular flexibility index (Phi) is 6.16. The third-order valence-electron chi connectivity index (χ3n) is 3.59. The molecule has 0 bridgehead atoms. The molecular weight excluding hydrogens is 362 g/mol. The summed E-state index contributed by atoms with van der Waals surface area (Å²) in [6.07, 6.45) is 1.61. The Labute approximate surface area is 161 Å². The van der Waals surface area contributed by atoms with E-state index in [9.17, 15) is 4.79 Å². The zero-order valence-electron chi connectivity index (χ0n) is 15.0. The van der Waals surface area contributed by atoms with Gasteiger partial charge in [-0.05, 0) is 40.3 Å². The summed E-state index contributed by atoms with van der Waals surface area (Å²) in [5, 5.41) is 16.1. The number of rotatable bonds is 7. The molecule has 27 heavy (non-hydrogen) atoms. The van der Waals surface area contributed by atoms with Crippen LogP contribution < -0.4 is 10.3 Å². The Bertz CT molecular complexity index is 907. The monoisotopic (exact) mass is 381 g/mol. The Morgan fingerprint density at radius 3 is 2.63 bits per heavy atom. The third-order valence-corrected chi connectivity index (χ3v) is 4.51. The van der Waals surface area contributed by atoms with Crippen LogP contribution in [0, 0.1) is 0 Å². The molecule has 9 heteroatoms. The Hall–Kier alpha value is -3.20. The minimum atomic E-state index is -0.233. The number of amides is 1. The number of thioether (sulfide) groups is 1. The summed E-state index contributed by atoms with van der Waals surface area (Å²) in [7, 11) is 3.96. The van der Waals surface area contributed by atoms with Gasteiger partial charge in [0.1, 0.15) is 0 Å². The van der Waals surface area contributed by atoms with Gasteiger partial charge < -0.3 is 4.90 Å². The summed E-state index contributed by atoms with van der Waals surface area (Å²) in [5.41, 5.74) is 5.35. The Morgan fingerprint density at radius 1 is 1.19 bits per heavy atom. The fraction of sp³-hybridized carbons (Fsp3) is 0.167. The molecule has 0 aliphatic carbocycles. The van der Waals surface area contributed by atoms with Crippen LogP contribution in [-0.4, -0.2) is 52.2 Å². The molecule has 1 N–H and O–H groups in total. The van der Waals surface area contributed by atoms with Gasteiger partial charge in [-0.3, -0.25) is 4.79 Å². The fourth-order valence-corrected chi connectivity index (χ4v) is 2.88. The first-order chi connectivity index (χ1) is 13.1. The number of anilines is 1. The van der Waals surface area contributed by atoms with Crippen LogP contribution in [0.25, 0.3) is 5.69 Å². The maximum atomic E-state index is 12.0. The average molecular weight is 381 g/mol. The number of nitrogens with zero attached hydrogens (tertiary/aromatic N) is 6. The SMILES string of the molecule is CN(C)c1ccc(/C=N/NC(=O)CSc2nnnn2-c2ccccc2)cc1. The number of hydrazone groups is 1. The molecule has 0 fully saturated rings. The van der Waals surface area contributed by atoms with E-state index in [1.165, 1.54) is 11.8 Å². The number of tetrazole rings is 1. The first-order valence-electron chi connectivity index (χ1n) is 8.19. The molecule has 3 aromatic rings. The predicted octanol–water partition coefficient (Wildman–Crippen LogP) is 1.97. The van der Waals surface area contributed by atoms with Crippen LogP contribution in [0.5, 0.6) is 0 Å². The van der Waals surface area contributed by atoms with E-state index in [-0.39, 0.29) is 11.7 Å². The van der Waals surface area contributed by atoms with Crippen LogP contribution in [0.4, 0.5) is 5.69 Å². The molecule has 1 aromatic heterocycles. The molecule has 8 nitrogen and oxygen atoms in total. The predicted molar refractivity (Wildman–Crippen MR) is 106 cm³/mol. The van der Waals surface area contributed by atoms with Crippen molar-refractivity contribution in [2.75, 3.05) is 24.7 Å². The van der Waals surface area contributed by atoms with Crippen LogP contribution >= 0.6 is 11.8 Å². The number of carbonyl (C=O) groups excluding carboxylic acids is 1. The summed E-state index contributed by atoms with van der Waals surface area (Å²) in [6, 6.07) is 17.4. The maximum Gasteiger partial charge on any atom is 0.250 e. The van der Waals surface area contributed by atoms with Gasteiger partial charge in [0.2, 0.25) is 5.16 Å². The van der Waals surface area contributed by atoms with Gasteiger partial charge in [-0.25, -0.2) is 5.43 Å². The Balaban J connectivity index is 1.51. The number of carbonyl (C=O) groups is 1. The quantitative estimate of drug-likeness (QED) is 0.382. The first-order valence-corrected chi connectivity index (χ1v) is 9.18. The number of hydrogen-bond acceptors (Lipinski definition) is 7. The fourth-order valence-electron chi connectivity index (χ4n) is 2.20. The second-order valence-corrected chi connectivity index (χ2v) is 6.72. The molecule has 0 spiro atoms. The van der Waals surface area contributed by atoms with Gasteiger partial charge in [0, 0.05) is 19.8 Å². The van der Waals surface area contributed by atoms with Crippen molar-refractivity contribution in [1.82, 2.24) is 25.6 Å². The number of nitrogens with one attached hydrogen (secondary N) is 1. The molecule has 138 valence electrons. The van der Waals surface area contributed by atoms with Crippen molar-refractivity contribution in [2.24, 2.45) is 5.10 Å². The first kappa shape index (κ1) is 18.6. The van der Waals surface area contributed by atoms with E-state index in [2.05, 4.69) is 26.1 Å². The van der Waals surface area contributed by atoms with E-state index in [4.69, 9.17) is 0 Å². The summed E-state index contributed by atoms with van der Waals surface area (Å²) < 4.78 is 1.59. The largest absolute Gasteiger partial charge is 0.378 e. The zero-order chi connectivity index (χ0) is 19.1. The molecular formula is C18H19N7OS. The lowest BCUT2D eigenvalue weighted by Gasteiger charge is -2.11. The van der Waals surface area contributed by atoms with Crippen LogP contribution in [0.15, 0.2) is 64.9 Å². The molecule has 0 radical (unpaired) electrons. The highest BCUT2D eigenvalue weighted by molar-refractivity contribution is 7.99. The van der Waals surface area contributed by atoms with Gasteiger partial charge in [0.15, 0.2) is 0 Å². The van der Waals surface area contributed by atoms with Gasteiger partial charge in [0.25, 0.3) is 5.91 Å². The normalized spacial score (nSPS) is 10.9. The zero-order valence-corrected chi connectivity index (χ0v) is 15.8. The van der Waals surface area contributed by atoms with E-state index >= 15 is 0 Å². The van der Waals surface area contributed by atoms with Crippen molar-refractivity contribution in [1.29, 1.82) is 0 Å². The van der Waals surface area contributed by atoms with Crippen LogP contribution in [0.2, 0.25) is 0 Å². The van der Waals surface area contributed by atoms with Crippen LogP contribution in [0.3, 0.4) is 0 Å². The van der Waals surface area contributed by atoms with E-state index in [1.807, 2.05) is 73.6 Å². The molecule has 0 saturated carbocycles. The van der Waals surface area contributed by atoms with Crippen LogP contribution in [-0.2, 0) is 4.79 Å². The summed E-state index contributed by atoms with van der Waals surface area (Å²) in [4.78, 5) is 14.0. The lowest BCUT2D eigenvalue weighted by molar-refractivity contribution is -0.118. The van der Waals surface area contributed by atoms with Crippen molar-refractivity contribution >= 4 is 29.6 Å². The van der Waals surface area contributed by atoms with Crippen molar-refractivity contribution in [3.63, 3.8) is 0 Å². The molecule has 0 atom stereocenters. The van der Waals surface area contributed by atoms with Gasteiger partial charge >= 0.3 is 0 Å². The van der Waals surface area contributed by atoms with Crippen LogP contribution in [0.1, 0.15) is 5.56 Å². The smallest absolute Gasteiger partial charge is 0.250 e. The maximum absolute atomic E-state index is 12.0. The van der Waals surface area contributed by atoms with Gasteiger partial charge in [-0.2, -0.15) is 9.78 Å². The van der Waals surface area contributed by atoms with Crippen molar-refractivity contribution in [3.8, 4) is 5.69 Å². The molecule has 0 aliphatic heterocycles. The molecule has 0 unspecified atom stereocenters. The standard InChI is InChI=1S/C18H19N7OS/c1-24(2)15-10-8-14(9-11-15)12-19-20-17(26)13-27-18-21-22-23-25(18)16-6-4-3-5-7-16/h3-12H,13H2,1-2H3,(H,20,26)/b19-12+. The highest BCUT2D eigenvalue weighted by atomic mass is 32.2. The van der Waals surface area contributed by atoms with E-state index in [1.54, 1.807) is 10.9 Å². The van der Waals surface area contributed by atoms with Crippen molar-refractivity contribution in [2.45, 2.75) is 5.16 Å². The van der Waals surface area contributed by atoms with Crippen molar-refractivity contribution in [3.05, 3.63) is 60.2 Å². The average Bonchev–Trinajstić information content (AvgIpc) is 3.16. The lowest BCUT2D eigenvalue weighted by Crippen LogP contribution is -2.20. The van der Waals surface area contributed by atoms with Gasteiger partial charge in [-0.1, -0.05) is 42.1 Å². The van der Waals surface area contributed by atoms with Crippen molar-refractivity contribution < 1.29 is 4.79 Å². The molecule has 1 heterocycles. The second kappa shape index (κ2) is 8.95. The molecule has 0 aliphatic rings. The summed E-state index contributed by atoms with van der Waals surface area (Å²) in [6.45, 7) is 0. The highest BCUT2D eigenvalue weighted by Crippen LogP contribution is 2.17. The minimum Gasteiger partial charge on any atom is -0.378 e. The minimum absolute atomic E-state index is 0.157. The summed E-state index contributed by atoms with van der Waals surface area (Å²) in [5.74, 6) is -0.0758. The number of hydrogen-bond donors (Lipinski definition) is 1. The van der Waals surface area contributed by atoms with E-state index in [0.29, 0.717) is 5.16 Å². The van der Waals surface area contributed by atoms with Gasteiger partial charge in [-0.15, -0.1) is 5.10 Å². The number of aromatic nitrogens is 4. The molecule has 2 aromatic carbocycles. The molecule has 0 saturated heterocycles. The lowest BCUT2D eigenvalue weighted by atomic mass is 10.2. The number of para-hydroxylation sites is 1. The molecule has 1 amide bonds. The highest BCUT2D eigenvalue weighted by Gasteiger charge is 2.10. The van der Waals surface area contributed by atoms with E-state index in [0.717, 1.165) is 16.9 Å². The second-order valence-electron chi connectivity index (χ2n) is 5.78.